The summed E-state index contributed by atoms with van der Waals surface area (Å²) < 4.78 is 17.8. The minimum absolute atomic E-state index is 0.670. The third-order valence-electron chi connectivity index (χ3n) is 14.1. The van der Waals surface area contributed by atoms with Crippen LogP contribution in [0.15, 0.2) is 239 Å². The van der Waals surface area contributed by atoms with E-state index in [1.54, 1.807) is 0 Å². The molecule has 0 unspecified atom stereocenters. The molecule has 5 heterocycles. The Bertz CT molecular complexity index is 4520. The fraction of sp³-hybridized carbons (Fsp3) is 0. The van der Waals surface area contributed by atoms with Crippen LogP contribution in [0.2, 0.25) is 0 Å². The smallest absolute Gasteiger partial charge is 0.160 e. The third-order valence-corrected chi connectivity index (χ3v) is 14.1. The highest BCUT2D eigenvalue weighted by Gasteiger charge is 2.21. The molecule has 0 saturated carbocycles. The first kappa shape index (κ1) is 38.6. The first-order valence-corrected chi connectivity index (χ1v) is 23.6. The molecule has 0 saturated heterocycles. The van der Waals surface area contributed by atoms with E-state index >= 15 is 0 Å². The van der Waals surface area contributed by atoms with Crippen LogP contribution in [0, 0.1) is 0 Å². The molecular formula is C64H38N4O2. The van der Waals surface area contributed by atoms with Gasteiger partial charge in [0.05, 0.1) is 33.5 Å². The molecule has 0 N–H and O–H groups in total. The van der Waals surface area contributed by atoms with Gasteiger partial charge in [0.1, 0.15) is 22.3 Å². The number of para-hydroxylation sites is 3. The lowest BCUT2D eigenvalue weighted by atomic mass is 10.00. The normalized spacial score (nSPS) is 12.0. The molecule has 326 valence electrons. The minimum atomic E-state index is 0.670. The van der Waals surface area contributed by atoms with Crippen LogP contribution in [0.3, 0.4) is 0 Å². The summed E-state index contributed by atoms with van der Waals surface area (Å²) in [5, 5.41) is 9.10. The lowest BCUT2D eigenvalue weighted by molar-refractivity contribution is 0.669. The maximum atomic E-state index is 6.74. The van der Waals surface area contributed by atoms with E-state index in [1.165, 1.54) is 16.2 Å². The van der Waals surface area contributed by atoms with Crippen molar-refractivity contribution < 1.29 is 8.83 Å². The summed E-state index contributed by atoms with van der Waals surface area (Å²) in [6.45, 7) is 0. The summed E-state index contributed by atoms with van der Waals surface area (Å²) in [5.41, 5.74) is 17.1. The molecule has 70 heavy (non-hydrogen) atoms. The van der Waals surface area contributed by atoms with Crippen molar-refractivity contribution in [2.24, 2.45) is 0 Å². The molecule has 0 spiro atoms. The van der Waals surface area contributed by atoms with Crippen molar-refractivity contribution in [1.29, 1.82) is 0 Å². The van der Waals surface area contributed by atoms with Crippen LogP contribution in [0.1, 0.15) is 0 Å². The second kappa shape index (κ2) is 15.0. The third kappa shape index (κ3) is 5.93. The molecule has 15 aromatic rings. The van der Waals surface area contributed by atoms with E-state index in [0.29, 0.717) is 5.82 Å². The van der Waals surface area contributed by atoms with Crippen molar-refractivity contribution in [1.82, 2.24) is 19.1 Å². The Morgan fingerprint density at radius 3 is 1.46 bits per heavy atom. The number of hydrogen-bond acceptors (Lipinski definition) is 4. The first-order chi connectivity index (χ1) is 34.7. The minimum Gasteiger partial charge on any atom is -0.456 e. The Morgan fingerprint density at radius 2 is 0.743 bits per heavy atom. The standard InChI is InChI=1S/C64H38N4O2/c1-4-15-39(16-5-1)54-36-55(40-17-6-2-7-18-40)66-64(65-54)43-19-14-22-45(31-43)68-56-25-12-10-23-46(56)49-34-53-51-33-42(28-30-61(51)70-63(53)37-58(49)68)41-27-29-57-48(32-41)50-35-52-47-24-11-13-26-60(47)69-62(52)38-59(50)67(57)44-20-8-3-9-21-44/h1-38H. The zero-order valence-electron chi connectivity index (χ0n) is 37.5. The van der Waals surface area contributed by atoms with E-state index in [-0.39, 0.29) is 0 Å². The number of fused-ring (bicyclic) bond motifs is 12. The summed E-state index contributed by atoms with van der Waals surface area (Å²) in [5.74, 6) is 0.670. The monoisotopic (exact) mass is 894 g/mol. The van der Waals surface area contributed by atoms with Crippen LogP contribution in [-0.2, 0) is 0 Å². The van der Waals surface area contributed by atoms with Gasteiger partial charge in [-0.2, -0.15) is 0 Å². The molecule has 0 bridgehead atoms. The van der Waals surface area contributed by atoms with Crippen molar-refractivity contribution in [3.8, 4) is 56.4 Å². The van der Waals surface area contributed by atoms with Crippen molar-refractivity contribution in [3.63, 3.8) is 0 Å². The number of aromatic nitrogens is 4. The summed E-state index contributed by atoms with van der Waals surface area (Å²) in [6, 6.07) is 81.3. The van der Waals surface area contributed by atoms with Gasteiger partial charge in [0.25, 0.3) is 0 Å². The molecule has 10 aromatic carbocycles. The van der Waals surface area contributed by atoms with E-state index in [4.69, 9.17) is 18.8 Å². The molecular weight excluding hydrogens is 857 g/mol. The Morgan fingerprint density at radius 1 is 0.257 bits per heavy atom. The Kier molecular flexibility index (Phi) is 8.26. The largest absolute Gasteiger partial charge is 0.456 e. The summed E-state index contributed by atoms with van der Waals surface area (Å²) >= 11 is 0. The van der Waals surface area contributed by atoms with Gasteiger partial charge in [-0.1, -0.05) is 140 Å². The predicted octanol–water partition coefficient (Wildman–Crippen LogP) is 17.1. The second-order valence-corrected chi connectivity index (χ2v) is 18.1. The van der Waals surface area contributed by atoms with Crippen LogP contribution in [0.4, 0.5) is 0 Å². The topological polar surface area (TPSA) is 61.9 Å². The quantitative estimate of drug-likeness (QED) is 0.167. The second-order valence-electron chi connectivity index (χ2n) is 18.1. The van der Waals surface area contributed by atoms with Gasteiger partial charge in [-0.05, 0) is 90.0 Å². The predicted molar refractivity (Wildman–Crippen MR) is 287 cm³/mol. The summed E-state index contributed by atoms with van der Waals surface area (Å²) in [6.07, 6.45) is 0. The molecule has 0 amide bonds. The van der Waals surface area contributed by atoms with E-state index in [1.807, 2.05) is 48.5 Å². The number of rotatable bonds is 6. The molecule has 5 aromatic heterocycles. The van der Waals surface area contributed by atoms with E-state index < -0.39 is 0 Å². The molecule has 15 rings (SSSR count). The maximum absolute atomic E-state index is 6.74. The van der Waals surface area contributed by atoms with Gasteiger partial charge in [0.15, 0.2) is 5.82 Å². The van der Waals surface area contributed by atoms with Gasteiger partial charge in [-0.3, -0.25) is 0 Å². The van der Waals surface area contributed by atoms with Crippen molar-refractivity contribution in [2.45, 2.75) is 0 Å². The highest BCUT2D eigenvalue weighted by atomic mass is 16.3. The van der Waals surface area contributed by atoms with Crippen molar-refractivity contribution >= 4 is 87.5 Å². The molecule has 0 radical (unpaired) electrons. The van der Waals surface area contributed by atoms with E-state index in [0.717, 1.165) is 122 Å². The van der Waals surface area contributed by atoms with Crippen LogP contribution in [0.25, 0.3) is 144 Å². The first-order valence-electron chi connectivity index (χ1n) is 23.6. The van der Waals surface area contributed by atoms with Crippen LogP contribution in [-0.4, -0.2) is 19.1 Å². The maximum Gasteiger partial charge on any atom is 0.160 e. The molecule has 6 heteroatoms. The molecule has 6 nitrogen and oxygen atoms in total. The van der Waals surface area contributed by atoms with Gasteiger partial charge < -0.3 is 18.0 Å². The lowest BCUT2D eigenvalue weighted by Crippen LogP contribution is -1.98. The average Bonchev–Trinajstić information content (AvgIpc) is 4.17. The van der Waals surface area contributed by atoms with Crippen LogP contribution < -0.4 is 0 Å². The highest BCUT2D eigenvalue weighted by molar-refractivity contribution is 6.20. The van der Waals surface area contributed by atoms with E-state index in [9.17, 15) is 0 Å². The number of nitrogens with zero attached hydrogens (tertiary/aromatic N) is 4. The van der Waals surface area contributed by atoms with Crippen molar-refractivity contribution in [2.75, 3.05) is 0 Å². The Labute approximate surface area is 400 Å². The summed E-state index contributed by atoms with van der Waals surface area (Å²) in [4.78, 5) is 10.3. The fourth-order valence-corrected chi connectivity index (χ4v) is 10.8. The number of hydrogen-bond donors (Lipinski definition) is 0. The molecule has 0 aliphatic rings. The van der Waals surface area contributed by atoms with Gasteiger partial charge in [-0.25, -0.2) is 9.97 Å². The molecule has 0 atom stereocenters. The SMILES string of the molecule is c1ccc(-c2cc(-c3ccccc3)nc(-c3cccc(-n4c5ccccc5c5cc6c(cc54)oc4ccc(-c5ccc7c(c5)c5cc8c(cc5n7-c5ccccc5)oc5ccccc58)cc46)c3)n2)cc1. The van der Waals surface area contributed by atoms with Gasteiger partial charge in [0.2, 0.25) is 0 Å². The summed E-state index contributed by atoms with van der Waals surface area (Å²) in [7, 11) is 0. The van der Waals surface area contributed by atoms with E-state index in [2.05, 4.69) is 191 Å². The number of furan rings is 2. The highest BCUT2D eigenvalue weighted by Crippen LogP contribution is 2.43. The lowest BCUT2D eigenvalue weighted by Gasteiger charge is -2.12. The Hall–Kier alpha value is -9.52. The zero-order chi connectivity index (χ0) is 45.9. The van der Waals surface area contributed by atoms with Crippen LogP contribution in [0.5, 0.6) is 0 Å². The number of benzene rings is 10. The molecule has 0 fully saturated rings. The Balaban J connectivity index is 0.875. The zero-order valence-corrected chi connectivity index (χ0v) is 37.5. The van der Waals surface area contributed by atoms with Gasteiger partial charge in [-0.15, -0.1) is 0 Å². The molecule has 0 aliphatic carbocycles. The average molecular weight is 895 g/mol. The van der Waals surface area contributed by atoms with Gasteiger partial charge in [0, 0.05) is 83.3 Å². The molecule has 0 aliphatic heterocycles. The fourth-order valence-electron chi connectivity index (χ4n) is 10.8. The van der Waals surface area contributed by atoms with Crippen molar-refractivity contribution in [3.05, 3.63) is 231 Å². The van der Waals surface area contributed by atoms with Gasteiger partial charge >= 0.3 is 0 Å². The van der Waals surface area contributed by atoms with Crippen LogP contribution >= 0.6 is 0 Å².